The number of carbonyl (C=O) groups is 2. The predicted octanol–water partition coefficient (Wildman–Crippen LogP) is 5.11. The number of hydrogen-bond acceptors (Lipinski definition) is 4. The molecule has 4 nitrogen and oxygen atoms in total. The van der Waals surface area contributed by atoms with Crippen LogP contribution in [-0.2, 0) is 11.3 Å². The normalized spacial score (nSPS) is 15.8. The maximum atomic E-state index is 13.2. The van der Waals surface area contributed by atoms with E-state index in [0.717, 1.165) is 28.3 Å². The highest BCUT2D eigenvalue weighted by atomic mass is 35.5. The average molecular weight is 392 g/mol. The van der Waals surface area contributed by atoms with Gasteiger partial charge in [0.15, 0.2) is 0 Å². The third-order valence-corrected chi connectivity index (χ3v) is 4.98. The lowest BCUT2D eigenvalue weighted by Crippen LogP contribution is -2.27. The van der Waals surface area contributed by atoms with Crippen LogP contribution in [0.5, 0.6) is 5.75 Å². The third kappa shape index (κ3) is 3.92. The minimum absolute atomic E-state index is 0.00573. The van der Waals surface area contributed by atoms with Gasteiger partial charge in [-0.3, -0.25) is 14.5 Å². The van der Waals surface area contributed by atoms with E-state index in [4.69, 9.17) is 16.3 Å². The summed E-state index contributed by atoms with van der Waals surface area (Å²) in [5, 5.41) is -0.217. The minimum atomic E-state index is -0.472. The zero-order chi connectivity index (χ0) is 18.7. The van der Waals surface area contributed by atoms with E-state index in [9.17, 15) is 14.0 Å². The molecule has 3 rings (SSSR count). The number of nitrogens with zero attached hydrogens (tertiary/aromatic N) is 1. The molecule has 0 aromatic heterocycles. The molecule has 0 unspecified atom stereocenters. The number of imide groups is 1. The molecule has 26 heavy (non-hydrogen) atoms. The highest BCUT2D eigenvalue weighted by molar-refractivity contribution is 8.18. The Kier molecular flexibility index (Phi) is 5.64. The lowest BCUT2D eigenvalue weighted by Gasteiger charge is -2.13. The molecule has 0 atom stereocenters. The van der Waals surface area contributed by atoms with Crippen molar-refractivity contribution in [1.82, 2.24) is 4.90 Å². The number of carbonyl (C=O) groups excluding carboxylic acids is 2. The zero-order valence-electron chi connectivity index (χ0n) is 13.9. The molecule has 0 saturated carbocycles. The Morgan fingerprint density at radius 3 is 2.73 bits per heavy atom. The first-order valence-electron chi connectivity index (χ1n) is 7.90. The number of ether oxygens (including phenoxy) is 1. The molecule has 134 valence electrons. The number of benzene rings is 2. The zero-order valence-corrected chi connectivity index (χ0v) is 15.4. The number of rotatable bonds is 5. The van der Waals surface area contributed by atoms with Crippen molar-refractivity contribution >= 4 is 40.6 Å². The van der Waals surface area contributed by atoms with E-state index in [1.165, 1.54) is 12.1 Å². The average Bonchev–Trinajstić information content (AvgIpc) is 2.86. The van der Waals surface area contributed by atoms with Gasteiger partial charge in [0.25, 0.3) is 11.1 Å². The Morgan fingerprint density at radius 2 is 2.00 bits per heavy atom. The first-order valence-corrected chi connectivity index (χ1v) is 9.10. The van der Waals surface area contributed by atoms with Crippen molar-refractivity contribution in [3.05, 3.63) is 69.3 Å². The predicted molar refractivity (Wildman–Crippen MR) is 101 cm³/mol. The lowest BCUT2D eigenvalue weighted by atomic mass is 10.1. The van der Waals surface area contributed by atoms with Crippen LogP contribution in [-0.4, -0.2) is 22.7 Å². The van der Waals surface area contributed by atoms with E-state index in [2.05, 4.69) is 0 Å². The van der Waals surface area contributed by atoms with Gasteiger partial charge in [-0.25, -0.2) is 4.39 Å². The van der Waals surface area contributed by atoms with Crippen LogP contribution in [0, 0.1) is 5.82 Å². The third-order valence-electron chi connectivity index (χ3n) is 3.72. The van der Waals surface area contributed by atoms with E-state index in [0.29, 0.717) is 22.8 Å². The maximum Gasteiger partial charge on any atom is 0.293 e. The van der Waals surface area contributed by atoms with Crippen LogP contribution in [0.15, 0.2) is 47.4 Å². The molecule has 2 aromatic carbocycles. The molecule has 0 spiro atoms. The Bertz CT molecular complexity index is 900. The van der Waals surface area contributed by atoms with Crippen LogP contribution in [0.4, 0.5) is 9.18 Å². The highest BCUT2D eigenvalue weighted by Gasteiger charge is 2.35. The second kappa shape index (κ2) is 7.93. The summed E-state index contributed by atoms with van der Waals surface area (Å²) in [5.41, 5.74) is 1.23. The van der Waals surface area contributed by atoms with Crippen molar-refractivity contribution in [1.29, 1.82) is 0 Å². The van der Waals surface area contributed by atoms with Gasteiger partial charge in [0.2, 0.25) is 0 Å². The molecule has 0 bridgehead atoms. The summed E-state index contributed by atoms with van der Waals surface area (Å²) in [6, 6.07) is 11.2. The first-order chi connectivity index (χ1) is 12.5. The largest absolute Gasteiger partial charge is 0.493 e. The van der Waals surface area contributed by atoms with Crippen molar-refractivity contribution in [3.8, 4) is 5.75 Å². The van der Waals surface area contributed by atoms with E-state index in [-0.39, 0.29) is 11.6 Å². The fourth-order valence-electron chi connectivity index (χ4n) is 2.48. The van der Waals surface area contributed by atoms with Gasteiger partial charge < -0.3 is 4.74 Å². The Labute approximate surface area is 159 Å². The van der Waals surface area contributed by atoms with Gasteiger partial charge in [0.1, 0.15) is 11.6 Å². The molecule has 2 aromatic rings. The van der Waals surface area contributed by atoms with E-state index in [1.807, 2.05) is 25.1 Å². The molecule has 2 amide bonds. The minimum Gasteiger partial charge on any atom is -0.493 e. The summed E-state index contributed by atoms with van der Waals surface area (Å²) in [6.07, 6.45) is 1.64. The van der Waals surface area contributed by atoms with E-state index >= 15 is 0 Å². The van der Waals surface area contributed by atoms with Crippen molar-refractivity contribution in [2.45, 2.75) is 13.5 Å². The topological polar surface area (TPSA) is 46.6 Å². The molecule has 7 heteroatoms. The fourth-order valence-corrected chi connectivity index (χ4v) is 3.54. The van der Waals surface area contributed by atoms with Gasteiger partial charge in [-0.1, -0.05) is 35.9 Å². The standard InChI is InChI=1S/C19H15ClFNO3S/c1-2-25-16-6-4-3-5-12(16)9-17-18(23)22(19(24)26-17)11-13-7-8-14(21)10-15(13)20/h3-10H,2,11H2,1H3/b17-9+. The number of halogens is 2. The van der Waals surface area contributed by atoms with Crippen LogP contribution in [0.3, 0.4) is 0 Å². The molecular weight excluding hydrogens is 377 g/mol. The van der Waals surface area contributed by atoms with Crippen molar-refractivity contribution in [2.24, 2.45) is 0 Å². The van der Waals surface area contributed by atoms with Gasteiger partial charge in [0.05, 0.1) is 18.1 Å². The van der Waals surface area contributed by atoms with Gasteiger partial charge in [-0.05, 0) is 48.5 Å². The molecule has 0 radical (unpaired) electrons. The van der Waals surface area contributed by atoms with Crippen molar-refractivity contribution in [2.75, 3.05) is 6.61 Å². The number of hydrogen-bond donors (Lipinski definition) is 0. The number of amides is 2. The molecule has 0 aliphatic carbocycles. The quantitative estimate of drug-likeness (QED) is 0.664. The second-order valence-electron chi connectivity index (χ2n) is 5.47. The van der Waals surface area contributed by atoms with E-state index < -0.39 is 17.0 Å². The number of para-hydroxylation sites is 1. The van der Waals surface area contributed by atoms with E-state index in [1.54, 1.807) is 12.1 Å². The Hall–Kier alpha value is -2.31. The summed E-state index contributed by atoms with van der Waals surface area (Å²) < 4.78 is 18.7. The molecule has 1 heterocycles. The monoisotopic (exact) mass is 391 g/mol. The number of thioether (sulfide) groups is 1. The van der Waals surface area contributed by atoms with Gasteiger partial charge in [0, 0.05) is 10.6 Å². The first kappa shape index (κ1) is 18.5. The van der Waals surface area contributed by atoms with Gasteiger partial charge >= 0.3 is 0 Å². The Morgan fingerprint density at radius 1 is 1.23 bits per heavy atom. The molecule has 1 aliphatic heterocycles. The molecule has 1 aliphatic rings. The summed E-state index contributed by atoms with van der Waals surface area (Å²) in [4.78, 5) is 26.3. The fraction of sp³-hybridized carbons (Fsp3) is 0.158. The van der Waals surface area contributed by atoms with Crippen LogP contribution in [0.1, 0.15) is 18.1 Å². The van der Waals surface area contributed by atoms with Crippen molar-refractivity contribution < 1.29 is 18.7 Å². The SMILES string of the molecule is CCOc1ccccc1/C=C1/SC(=O)N(Cc2ccc(F)cc2Cl)C1=O. The molecule has 1 fully saturated rings. The summed E-state index contributed by atoms with van der Waals surface area (Å²) in [6.45, 7) is 2.36. The summed E-state index contributed by atoms with van der Waals surface area (Å²) >= 11 is 6.86. The van der Waals surface area contributed by atoms with Crippen LogP contribution in [0.25, 0.3) is 6.08 Å². The highest BCUT2D eigenvalue weighted by Crippen LogP contribution is 2.35. The summed E-state index contributed by atoms with van der Waals surface area (Å²) in [7, 11) is 0. The summed E-state index contributed by atoms with van der Waals surface area (Å²) in [5.74, 6) is -0.240. The smallest absolute Gasteiger partial charge is 0.293 e. The Balaban J connectivity index is 1.85. The van der Waals surface area contributed by atoms with Crippen molar-refractivity contribution in [3.63, 3.8) is 0 Å². The lowest BCUT2D eigenvalue weighted by molar-refractivity contribution is -0.123. The maximum absolute atomic E-state index is 13.2. The van der Waals surface area contributed by atoms with Gasteiger partial charge in [-0.2, -0.15) is 0 Å². The molecular formula is C19H15ClFNO3S. The molecule has 0 N–H and O–H groups in total. The molecule has 1 saturated heterocycles. The van der Waals surface area contributed by atoms with Crippen LogP contribution < -0.4 is 4.74 Å². The van der Waals surface area contributed by atoms with Crippen LogP contribution in [0.2, 0.25) is 5.02 Å². The van der Waals surface area contributed by atoms with Crippen LogP contribution >= 0.6 is 23.4 Å². The van der Waals surface area contributed by atoms with Gasteiger partial charge in [-0.15, -0.1) is 0 Å². The second-order valence-corrected chi connectivity index (χ2v) is 6.87.